The highest BCUT2D eigenvalue weighted by molar-refractivity contribution is 7.99. The van der Waals surface area contributed by atoms with Crippen molar-refractivity contribution in [2.24, 2.45) is 0 Å². The Hall–Kier alpha value is -1.44. The van der Waals surface area contributed by atoms with Crippen molar-refractivity contribution in [3.05, 3.63) is 35.4 Å². The molecule has 0 radical (unpaired) electrons. The van der Waals surface area contributed by atoms with Gasteiger partial charge in [-0.15, -0.1) is 11.8 Å². The van der Waals surface area contributed by atoms with E-state index in [1.54, 1.807) is 0 Å². The summed E-state index contributed by atoms with van der Waals surface area (Å²) in [6, 6.07) is 7.73. The number of methoxy groups -OCH3 is 1. The van der Waals surface area contributed by atoms with E-state index in [0.29, 0.717) is 5.75 Å². The van der Waals surface area contributed by atoms with Gasteiger partial charge in [-0.2, -0.15) is 0 Å². The van der Waals surface area contributed by atoms with Gasteiger partial charge in [0.25, 0.3) is 0 Å². The molecular weight excluding hydrogens is 236 g/mol. The van der Waals surface area contributed by atoms with Crippen molar-refractivity contribution >= 4 is 17.7 Å². The number of rotatable bonds is 4. The van der Waals surface area contributed by atoms with Crippen molar-refractivity contribution in [1.82, 2.24) is 0 Å². The highest BCUT2D eigenvalue weighted by Gasteiger charge is 2.00. The van der Waals surface area contributed by atoms with Crippen molar-refractivity contribution in [2.75, 3.05) is 19.5 Å². The molecule has 1 N–H and O–H groups in total. The zero-order valence-corrected chi connectivity index (χ0v) is 10.4. The Kier molecular flexibility index (Phi) is 6.23. The van der Waals surface area contributed by atoms with Gasteiger partial charge in [-0.3, -0.25) is 4.79 Å². The lowest BCUT2D eigenvalue weighted by Gasteiger charge is -2.01. The normalized spacial score (nSPS) is 9.29. The number of esters is 1. The fourth-order valence-corrected chi connectivity index (χ4v) is 1.99. The second-order valence-corrected chi connectivity index (χ2v) is 4.21. The molecule has 0 aliphatic heterocycles. The molecule has 90 valence electrons. The maximum atomic E-state index is 10.9. The summed E-state index contributed by atoms with van der Waals surface area (Å²) in [7, 11) is 1.38. The largest absolute Gasteiger partial charge is 0.468 e. The van der Waals surface area contributed by atoms with Crippen molar-refractivity contribution in [2.45, 2.75) is 5.75 Å². The molecule has 0 bridgehead atoms. The summed E-state index contributed by atoms with van der Waals surface area (Å²) in [5, 5.41) is 8.60. The highest BCUT2D eigenvalue weighted by Crippen LogP contribution is 2.13. The summed E-state index contributed by atoms with van der Waals surface area (Å²) < 4.78 is 4.56. The molecule has 1 rings (SSSR count). The molecule has 0 atom stereocenters. The third-order valence-electron chi connectivity index (χ3n) is 1.96. The number of hydrogen-bond acceptors (Lipinski definition) is 4. The first-order valence-electron chi connectivity index (χ1n) is 5.09. The first-order chi connectivity index (χ1) is 8.26. The summed E-state index contributed by atoms with van der Waals surface area (Å²) >= 11 is 1.50. The topological polar surface area (TPSA) is 46.5 Å². The third-order valence-corrected chi connectivity index (χ3v) is 2.93. The Labute approximate surface area is 105 Å². The lowest BCUT2D eigenvalue weighted by atomic mass is 10.1. The maximum absolute atomic E-state index is 10.9. The number of hydrogen-bond donors (Lipinski definition) is 1. The summed E-state index contributed by atoms with van der Waals surface area (Å²) in [4.78, 5) is 10.9. The lowest BCUT2D eigenvalue weighted by molar-refractivity contribution is -0.137. The predicted molar refractivity (Wildman–Crippen MR) is 68.6 cm³/mol. The van der Waals surface area contributed by atoms with Crippen LogP contribution in [0.15, 0.2) is 24.3 Å². The van der Waals surface area contributed by atoms with Gasteiger partial charge in [0.2, 0.25) is 0 Å². The van der Waals surface area contributed by atoms with E-state index in [2.05, 4.69) is 16.6 Å². The summed E-state index contributed by atoms with van der Waals surface area (Å²) in [6.07, 6.45) is 0. The summed E-state index contributed by atoms with van der Waals surface area (Å²) in [6.45, 7) is -0.138. The third kappa shape index (κ3) is 5.43. The van der Waals surface area contributed by atoms with Crippen LogP contribution in [-0.2, 0) is 15.3 Å². The van der Waals surface area contributed by atoms with E-state index in [1.165, 1.54) is 18.9 Å². The van der Waals surface area contributed by atoms with E-state index in [-0.39, 0.29) is 12.6 Å². The average Bonchev–Trinajstić information content (AvgIpc) is 2.36. The average molecular weight is 250 g/mol. The fourth-order valence-electron chi connectivity index (χ4n) is 1.19. The second kappa shape index (κ2) is 7.77. The Bertz CT molecular complexity index is 432. The molecule has 0 aromatic heterocycles. The minimum absolute atomic E-state index is 0.138. The van der Waals surface area contributed by atoms with Gasteiger partial charge in [-0.05, 0) is 17.7 Å². The number of ether oxygens (including phenoxy) is 1. The number of carbonyl (C=O) groups excluding carboxylic acids is 1. The van der Waals surface area contributed by atoms with Gasteiger partial charge in [-0.25, -0.2) is 0 Å². The molecule has 1 aromatic rings. The minimum atomic E-state index is -0.216. The molecule has 0 spiro atoms. The SMILES string of the molecule is COC(=O)CSCc1cccc(C#CCO)c1. The van der Waals surface area contributed by atoms with E-state index in [0.717, 1.165) is 16.9 Å². The molecule has 0 saturated heterocycles. The van der Waals surface area contributed by atoms with Crippen LogP contribution in [0.2, 0.25) is 0 Å². The monoisotopic (exact) mass is 250 g/mol. The van der Waals surface area contributed by atoms with Crippen LogP contribution in [0.25, 0.3) is 0 Å². The molecule has 0 heterocycles. The zero-order chi connectivity index (χ0) is 12.5. The predicted octanol–water partition coefficient (Wildman–Crippen LogP) is 1.44. The van der Waals surface area contributed by atoms with Crippen molar-refractivity contribution in [3.63, 3.8) is 0 Å². The molecule has 0 amide bonds. The number of aliphatic hydroxyl groups is 1. The Morgan fingerprint density at radius 1 is 1.53 bits per heavy atom. The van der Waals surface area contributed by atoms with E-state index in [1.807, 2.05) is 24.3 Å². The molecule has 3 nitrogen and oxygen atoms in total. The van der Waals surface area contributed by atoms with Crippen LogP contribution in [0, 0.1) is 11.8 Å². The Morgan fingerprint density at radius 3 is 3.06 bits per heavy atom. The quantitative estimate of drug-likeness (QED) is 0.649. The Balaban J connectivity index is 2.51. The second-order valence-electron chi connectivity index (χ2n) is 3.23. The van der Waals surface area contributed by atoms with Gasteiger partial charge in [0.15, 0.2) is 0 Å². The maximum Gasteiger partial charge on any atom is 0.315 e. The van der Waals surface area contributed by atoms with Crippen LogP contribution >= 0.6 is 11.8 Å². The molecule has 0 saturated carbocycles. The van der Waals surface area contributed by atoms with E-state index in [4.69, 9.17) is 5.11 Å². The van der Waals surface area contributed by atoms with Crippen LogP contribution in [0.4, 0.5) is 0 Å². The van der Waals surface area contributed by atoms with Gasteiger partial charge < -0.3 is 9.84 Å². The van der Waals surface area contributed by atoms with E-state index >= 15 is 0 Å². The van der Waals surface area contributed by atoms with E-state index < -0.39 is 0 Å². The summed E-state index contributed by atoms with van der Waals surface area (Å²) in [5.74, 6) is 6.32. The zero-order valence-electron chi connectivity index (χ0n) is 9.60. The van der Waals surface area contributed by atoms with E-state index in [9.17, 15) is 4.79 Å². The van der Waals surface area contributed by atoms with Crippen LogP contribution < -0.4 is 0 Å². The van der Waals surface area contributed by atoms with Gasteiger partial charge in [0.05, 0.1) is 12.9 Å². The molecule has 0 aliphatic carbocycles. The number of benzene rings is 1. The number of carbonyl (C=O) groups is 1. The van der Waals surface area contributed by atoms with Gasteiger partial charge >= 0.3 is 5.97 Å². The van der Waals surface area contributed by atoms with Crippen molar-refractivity contribution < 1.29 is 14.6 Å². The standard InChI is InChI=1S/C13H14O3S/c1-16-13(15)10-17-9-12-5-2-4-11(8-12)6-3-7-14/h2,4-5,8,14H,7,9-10H2,1H3. The molecule has 0 unspecified atom stereocenters. The molecule has 1 aromatic carbocycles. The molecule has 4 heteroatoms. The van der Waals surface area contributed by atoms with Crippen molar-refractivity contribution in [1.29, 1.82) is 0 Å². The van der Waals surface area contributed by atoms with Gasteiger partial charge in [0, 0.05) is 11.3 Å². The highest BCUT2D eigenvalue weighted by atomic mass is 32.2. The molecule has 17 heavy (non-hydrogen) atoms. The molecule has 0 aliphatic rings. The van der Waals surface area contributed by atoms with Gasteiger partial charge in [0.1, 0.15) is 6.61 Å². The van der Waals surface area contributed by atoms with Crippen LogP contribution in [0.1, 0.15) is 11.1 Å². The fraction of sp³-hybridized carbons (Fsp3) is 0.308. The van der Waals surface area contributed by atoms with Crippen LogP contribution in [0.3, 0.4) is 0 Å². The molecule has 0 fully saturated rings. The van der Waals surface area contributed by atoms with Gasteiger partial charge in [-0.1, -0.05) is 24.0 Å². The number of aliphatic hydroxyl groups excluding tert-OH is 1. The van der Waals surface area contributed by atoms with Crippen LogP contribution in [-0.4, -0.2) is 30.5 Å². The minimum Gasteiger partial charge on any atom is -0.468 e. The first-order valence-corrected chi connectivity index (χ1v) is 6.25. The smallest absolute Gasteiger partial charge is 0.315 e. The summed E-state index contributed by atoms with van der Waals surface area (Å²) in [5.41, 5.74) is 1.97. The van der Waals surface area contributed by atoms with Crippen molar-refractivity contribution in [3.8, 4) is 11.8 Å². The first kappa shape index (κ1) is 13.6. The molecular formula is C13H14O3S. The lowest BCUT2D eigenvalue weighted by Crippen LogP contribution is -2.03. The Morgan fingerprint density at radius 2 is 2.35 bits per heavy atom. The number of thioether (sulfide) groups is 1. The van der Waals surface area contributed by atoms with Crippen LogP contribution in [0.5, 0.6) is 0 Å².